The number of nitrogens with one attached hydrogen (secondary N) is 1. The molecule has 2 aromatic heterocycles. The van der Waals surface area contributed by atoms with E-state index < -0.39 is 0 Å². The fourth-order valence-electron chi connectivity index (χ4n) is 1.01. The van der Waals surface area contributed by atoms with Gasteiger partial charge in [0.2, 0.25) is 5.88 Å². The van der Waals surface area contributed by atoms with Gasteiger partial charge in [0.1, 0.15) is 0 Å². The van der Waals surface area contributed by atoms with E-state index >= 15 is 0 Å². The molecule has 14 heavy (non-hydrogen) atoms. The van der Waals surface area contributed by atoms with Gasteiger partial charge in [0.05, 0.1) is 6.07 Å². The van der Waals surface area contributed by atoms with Gasteiger partial charge in [-0.05, 0) is 6.92 Å². The summed E-state index contributed by atoms with van der Waals surface area (Å²) in [5.74, 6) is 0.00435. The number of hydrogen-bond donors (Lipinski definition) is 2. The lowest BCUT2D eigenvalue weighted by Gasteiger charge is -1.95. The third-order valence-electron chi connectivity index (χ3n) is 1.55. The monoisotopic (exact) mass is 209 g/mol. The Balaban J connectivity index is 2.56. The first kappa shape index (κ1) is 8.89. The first-order valence-corrected chi connectivity index (χ1v) is 4.76. The number of aryl methyl sites for hydroxylation is 1. The molecule has 0 aliphatic rings. The van der Waals surface area contributed by atoms with Crippen LogP contribution >= 0.6 is 11.3 Å². The quantitative estimate of drug-likeness (QED) is 0.731. The summed E-state index contributed by atoms with van der Waals surface area (Å²) >= 11 is 1.37. The number of thiazole rings is 1. The van der Waals surface area contributed by atoms with Gasteiger partial charge in [0.25, 0.3) is 5.56 Å². The molecular weight excluding hydrogens is 202 g/mol. The van der Waals surface area contributed by atoms with E-state index in [9.17, 15) is 4.79 Å². The summed E-state index contributed by atoms with van der Waals surface area (Å²) in [5.41, 5.74) is 0.469. The highest BCUT2D eigenvalue weighted by Crippen LogP contribution is 2.19. The Labute approximate surface area is 83.1 Å². The zero-order valence-electron chi connectivity index (χ0n) is 7.31. The summed E-state index contributed by atoms with van der Waals surface area (Å²) in [6, 6.07) is 1.02. The van der Waals surface area contributed by atoms with Crippen molar-refractivity contribution in [1.82, 2.24) is 15.0 Å². The molecule has 0 amide bonds. The van der Waals surface area contributed by atoms with E-state index in [2.05, 4.69) is 15.0 Å². The van der Waals surface area contributed by atoms with Crippen molar-refractivity contribution in [2.75, 3.05) is 0 Å². The van der Waals surface area contributed by atoms with Crippen LogP contribution in [0.3, 0.4) is 0 Å². The van der Waals surface area contributed by atoms with Crippen molar-refractivity contribution >= 4 is 11.3 Å². The second-order valence-corrected chi connectivity index (χ2v) is 3.60. The third kappa shape index (κ3) is 1.64. The highest BCUT2D eigenvalue weighted by atomic mass is 32.1. The average Bonchev–Trinajstić information content (AvgIpc) is 2.50. The van der Waals surface area contributed by atoms with Gasteiger partial charge in [0.15, 0.2) is 10.8 Å². The second kappa shape index (κ2) is 3.22. The van der Waals surface area contributed by atoms with Crippen LogP contribution in [0, 0.1) is 6.92 Å². The Morgan fingerprint density at radius 1 is 1.50 bits per heavy atom. The number of aromatic nitrogens is 3. The molecule has 0 aromatic carbocycles. The summed E-state index contributed by atoms with van der Waals surface area (Å²) in [4.78, 5) is 21.4. The molecule has 0 unspecified atom stereocenters. The standard InChI is InChI=1S/C8H7N3O2S/c1-4-3-14-8(9-4)7-10-5(12)2-6(13)11-7/h2-3H,1H3,(H2,10,11,12,13). The predicted octanol–water partition coefficient (Wildman–Crippen LogP) is 0.907. The molecule has 72 valence electrons. The Hall–Kier alpha value is -1.69. The van der Waals surface area contributed by atoms with E-state index in [0.29, 0.717) is 10.8 Å². The van der Waals surface area contributed by atoms with Gasteiger partial charge in [-0.1, -0.05) is 0 Å². The lowest BCUT2D eigenvalue weighted by Crippen LogP contribution is -2.06. The number of H-pyrrole nitrogens is 1. The zero-order valence-corrected chi connectivity index (χ0v) is 8.13. The maximum Gasteiger partial charge on any atom is 0.255 e. The summed E-state index contributed by atoms with van der Waals surface area (Å²) in [5, 5.41) is 11.5. The smallest absolute Gasteiger partial charge is 0.255 e. The molecule has 5 nitrogen and oxygen atoms in total. The van der Waals surface area contributed by atoms with E-state index in [4.69, 9.17) is 5.11 Å². The first-order chi connectivity index (χ1) is 6.65. The lowest BCUT2D eigenvalue weighted by molar-refractivity contribution is 0.452. The fourth-order valence-corrected chi connectivity index (χ4v) is 1.75. The van der Waals surface area contributed by atoms with Crippen LogP contribution in [0.4, 0.5) is 0 Å². The molecule has 0 spiro atoms. The van der Waals surface area contributed by atoms with Gasteiger partial charge in [-0.2, -0.15) is 4.98 Å². The van der Waals surface area contributed by atoms with Gasteiger partial charge in [-0.25, -0.2) is 4.98 Å². The van der Waals surface area contributed by atoms with E-state index in [1.165, 1.54) is 11.3 Å². The Bertz CT molecular complexity index is 517. The largest absolute Gasteiger partial charge is 0.493 e. The molecule has 6 heteroatoms. The Morgan fingerprint density at radius 2 is 2.29 bits per heavy atom. The molecule has 0 aliphatic heterocycles. The maximum atomic E-state index is 11.0. The van der Waals surface area contributed by atoms with Crippen molar-refractivity contribution in [2.45, 2.75) is 6.92 Å². The minimum atomic E-state index is -0.389. The van der Waals surface area contributed by atoms with E-state index in [1.807, 2.05) is 12.3 Å². The molecule has 2 heterocycles. The van der Waals surface area contributed by atoms with Crippen LogP contribution in [0.15, 0.2) is 16.2 Å². The van der Waals surface area contributed by atoms with Crippen molar-refractivity contribution < 1.29 is 5.11 Å². The van der Waals surface area contributed by atoms with Crippen LogP contribution in [-0.4, -0.2) is 20.1 Å². The van der Waals surface area contributed by atoms with Crippen molar-refractivity contribution in [3.05, 3.63) is 27.5 Å². The second-order valence-electron chi connectivity index (χ2n) is 2.75. The highest BCUT2D eigenvalue weighted by Gasteiger charge is 2.06. The van der Waals surface area contributed by atoms with Crippen LogP contribution < -0.4 is 5.56 Å². The van der Waals surface area contributed by atoms with Crippen molar-refractivity contribution in [3.8, 4) is 16.7 Å². The van der Waals surface area contributed by atoms with Crippen molar-refractivity contribution in [3.63, 3.8) is 0 Å². The van der Waals surface area contributed by atoms with Crippen LogP contribution in [0.2, 0.25) is 0 Å². The number of aromatic hydroxyl groups is 1. The predicted molar refractivity (Wildman–Crippen MR) is 52.4 cm³/mol. The SMILES string of the molecule is Cc1csc(-c2nc(O)cc(=O)[nH]2)n1. The summed E-state index contributed by atoms with van der Waals surface area (Å²) in [7, 11) is 0. The fraction of sp³-hybridized carbons (Fsp3) is 0.125. The van der Waals surface area contributed by atoms with E-state index in [1.54, 1.807) is 0 Å². The normalized spacial score (nSPS) is 10.4. The van der Waals surface area contributed by atoms with Crippen LogP contribution in [0.25, 0.3) is 10.8 Å². The Morgan fingerprint density at radius 3 is 2.86 bits per heavy atom. The van der Waals surface area contributed by atoms with Gasteiger partial charge in [0, 0.05) is 11.1 Å². The molecule has 2 rings (SSSR count). The molecule has 0 radical (unpaired) electrons. The maximum absolute atomic E-state index is 11.0. The number of aromatic amines is 1. The molecule has 0 saturated carbocycles. The Kier molecular flexibility index (Phi) is 2.05. The summed E-state index contributed by atoms with van der Waals surface area (Å²) < 4.78 is 0. The average molecular weight is 209 g/mol. The lowest BCUT2D eigenvalue weighted by atomic mass is 10.5. The molecule has 0 atom stereocenters. The summed E-state index contributed by atoms with van der Waals surface area (Å²) in [6.45, 7) is 1.85. The van der Waals surface area contributed by atoms with E-state index in [0.717, 1.165) is 11.8 Å². The van der Waals surface area contributed by atoms with Gasteiger partial charge in [-0.15, -0.1) is 11.3 Å². The zero-order chi connectivity index (χ0) is 10.1. The van der Waals surface area contributed by atoms with Gasteiger partial charge in [-0.3, -0.25) is 4.79 Å². The molecule has 0 saturated heterocycles. The molecule has 2 aromatic rings. The van der Waals surface area contributed by atoms with Crippen molar-refractivity contribution in [2.24, 2.45) is 0 Å². The highest BCUT2D eigenvalue weighted by molar-refractivity contribution is 7.13. The van der Waals surface area contributed by atoms with Crippen LogP contribution in [0.5, 0.6) is 5.88 Å². The topological polar surface area (TPSA) is 78.9 Å². The minimum absolute atomic E-state index is 0.295. The van der Waals surface area contributed by atoms with Gasteiger partial charge < -0.3 is 10.1 Å². The number of hydrogen-bond acceptors (Lipinski definition) is 5. The number of nitrogens with zero attached hydrogens (tertiary/aromatic N) is 2. The van der Waals surface area contributed by atoms with Gasteiger partial charge >= 0.3 is 0 Å². The van der Waals surface area contributed by atoms with Crippen LogP contribution in [-0.2, 0) is 0 Å². The molecule has 2 N–H and O–H groups in total. The minimum Gasteiger partial charge on any atom is -0.493 e. The molecule has 0 bridgehead atoms. The number of rotatable bonds is 1. The van der Waals surface area contributed by atoms with E-state index in [-0.39, 0.29) is 11.4 Å². The first-order valence-electron chi connectivity index (χ1n) is 3.88. The van der Waals surface area contributed by atoms with Crippen molar-refractivity contribution in [1.29, 1.82) is 0 Å². The third-order valence-corrected chi connectivity index (χ3v) is 2.52. The molecule has 0 aliphatic carbocycles. The molecule has 0 fully saturated rings. The van der Waals surface area contributed by atoms with Crippen LogP contribution in [0.1, 0.15) is 5.69 Å². The summed E-state index contributed by atoms with van der Waals surface area (Å²) in [6.07, 6.45) is 0. The molecular formula is C8H7N3O2S.